The molecule has 2 fully saturated rings. The van der Waals surface area contributed by atoms with E-state index < -0.39 is 39.7 Å². The molecule has 4 atom stereocenters. The zero-order valence-corrected chi connectivity index (χ0v) is 15.3. The number of carboxylic acid groups (broad SMARTS) is 1. The van der Waals surface area contributed by atoms with Crippen LogP contribution in [0.3, 0.4) is 0 Å². The van der Waals surface area contributed by atoms with Crippen LogP contribution in [0.1, 0.15) is 66.7 Å². The highest BCUT2D eigenvalue weighted by molar-refractivity contribution is 6.38. The monoisotopic (exact) mass is 336 g/mol. The molecule has 5 nitrogen and oxygen atoms in total. The van der Waals surface area contributed by atoms with Crippen molar-refractivity contribution in [3.63, 3.8) is 0 Å². The van der Waals surface area contributed by atoms with E-state index in [9.17, 15) is 24.3 Å². The number of carbonyl (C=O) groups excluding carboxylic acids is 3. The van der Waals surface area contributed by atoms with Gasteiger partial charge in [-0.3, -0.25) is 19.2 Å². The van der Waals surface area contributed by atoms with Gasteiger partial charge in [0.25, 0.3) is 0 Å². The summed E-state index contributed by atoms with van der Waals surface area (Å²) in [6, 6.07) is 0. The van der Waals surface area contributed by atoms with Gasteiger partial charge in [-0.15, -0.1) is 0 Å². The van der Waals surface area contributed by atoms with Crippen LogP contribution in [0.15, 0.2) is 0 Å². The minimum Gasteiger partial charge on any atom is -0.481 e. The van der Waals surface area contributed by atoms with E-state index in [-0.39, 0.29) is 18.1 Å². The number of Topliss-reactive ketones (excluding diaryl/α,β-unsaturated/α-hetero) is 3. The van der Waals surface area contributed by atoms with Crippen molar-refractivity contribution < 1.29 is 24.3 Å². The van der Waals surface area contributed by atoms with Crippen LogP contribution in [0.4, 0.5) is 0 Å². The van der Waals surface area contributed by atoms with Crippen molar-refractivity contribution in [1.29, 1.82) is 0 Å². The van der Waals surface area contributed by atoms with E-state index in [1.165, 1.54) is 6.92 Å². The predicted octanol–water partition coefficient (Wildman–Crippen LogP) is 3.05. The number of rotatable bonds is 4. The first-order valence-corrected chi connectivity index (χ1v) is 8.68. The standard InChI is InChI=1S/C19H28O5/c1-11(20)16(24)19(5)8-6-12-17(2,3)14(21)7-9-18(12,4)13(19)10-15(22)23/h12-13H,6-10H2,1-5H3,(H,22,23)/t12-,13-,18-,19-/m0/s1. The maximum Gasteiger partial charge on any atom is 0.303 e. The molecule has 0 aromatic heterocycles. The van der Waals surface area contributed by atoms with E-state index in [1.54, 1.807) is 6.92 Å². The highest BCUT2D eigenvalue weighted by Gasteiger charge is 2.62. The molecule has 0 amide bonds. The molecule has 0 unspecified atom stereocenters. The van der Waals surface area contributed by atoms with Gasteiger partial charge in [0.05, 0.1) is 0 Å². The third kappa shape index (κ3) is 2.62. The molecule has 134 valence electrons. The van der Waals surface area contributed by atoms with Gasteiger partial charge in [-0.2, -0.15) is 0 Å². The summed E-state index contributed by atoms with van der Waals surface area (Å²) in [5.41, 5.74) is -1.93. The zero-order chi connectivity index (χ0) is 18.5. The van der Waals surface area contributed by atoms with E-state index in [0.717, 1.165) is 0 Å². The number of carboxylic acids is 1. The Morgan fingerprint density at radius 3 is 2.21 bits per heavy atom. The van der Waals surface area contributed by atoms with Gasteiger partial charge < -0.3 is 5.11 Å². The van der Waals surface area contributed by atoms with Crippen molar-refractivity contribution in [1.82, 2.24) is 0 Å². The lowest BCUT2D eigenvalue weighted by Gasteiger charge is -2.61. The Morgan fingerprint density at radius 1 is 1.12 bits per heavy atom. The van der Waals surface area contributed by atoms with Gasteiger partial charge in [0, 0.05) is 30.6 Å². The first-order chi connectivity index (χ1) is 10.9. The Hall–Kier alpha value is -1.52. The largest absolute Gasteiger partial charge is 0.481 e. The van der Waals surface area contributed by atoms with Gasteiger partial charge in [-0.1, -0.05) is 27.7 Å². The van der Waals surface area contributed by atoms with Gasteiger partial charge in [0.1, 0.15) is 5.78 Å². The SMILES string of the molecule is CC(=O)C(=O)[C@@]1(C)CC[C@H]2C(C)(C)C(=O)CC[C@]2(C)[C@@H]1CC(=O)O. The van der Waals surface area contributed by atoms with Gasteiger partial charge in [0.15, 0.2) is 5.78 Å². The van der Waals surface area contributed by atoms with E-state index in [0.29, 0.717) is 25.7 Å². The minimum absolute atomic E-state index is 0.0310. The van der Waals surface area contributed by atoms with Crippen LogP contribution in [0.5, 0.6) is 0 Å². The second-order valence-electron chi connectivity index (χ2n) is 8.70. The van der Waals surface area contributed by atoms with Crippen molar-refractivity contribution in [2.75, 3.05) is 0 Å². The third-order valence-corrected chi connectivity index (χ3v) is 7.01. The molecule has 0 aromatic rings. The molecule has 2 rings (SSSR count). The highest BCUT2D eigenvalue weighted by atomic mass is 16.4. The highest BCUT2D eigenvalue weighted by Crippen LogP contribution is 2.64. The van der Waals surface area contributed by atoms with Gasteiger partial charge in [-0.25, -0.2) is 0 Å². The first-order valence-electron chi connectivity index (χ1n) is 8.68. The Morgan fingerprint density at radius 2 is 1.71 bits per heavy atom. The fraction of sp³-hybridized carbons (Fsp3) is 0.789. The smallest absolute Gasteiger partial charge is 0.303 e. The van der Waals surface area contributed by atoms with Crippen LogP contribution in [0.2, 0.25) is 0 Å². The molecule has 2 aliphatic carbocycles. The fourth-order valence-corrected chi connectivity index (χ4v) is 5.66. The number of carbonyl (C=O) groups is 4. The lowest BCUT2D eigenvalue weighted by atomic mass is 9.42. The molecule has 1 N–H and O–H groups in total. The van der Waals surface area contributed by atoms with Crippen LogP contribution in [-0.2, 0) is 19.2 Å². The van der Waals surface area contributed by atoms with Crippen molar-refractivity contribution in [2.24, 2.45) is 28.1 Å². The molecule has 0 radical (unpaired) electrons. The maximum atomic E-state index is 12.6. The summed E-state index contributed by atoms with van der Waals surface area (Å²) in [7, 11) is 0. The van der Waals surface area contributed by atoms with E-state index in [2.05, 4.69) is 0 Å². The molecule has 0 aliphatic heterocycles. The van der Waals surface area contributed by atoms with Crippen LogP contribution in [-0.4, -0.2) is 28.4 Å². The molecule has 0 heterocycles. The quantitative estimate of drug-likeness (QED) is 0.797. The Kier molecular flexibility index (Phi) is 4.53. The average Bonchev–Trinajstić information content (AvgIpc) is 2.46. The van der Waals surface area contributed by atoms with Gasteiger partial charge >= 0.3 is 5.97 Å². The van der Waals surface area contributed by atoms with Crippen LogP contribution < -0.4 is 0 Å². The molecule has 5 heteroatoms. The summed E-state index contributed by atoms with van der Waals surface area (Å²) in [6.45, 7) is 8.89. The maximum absolute atomic E-state index is 12.6. The molecule has 24 heavy (non-hydrogen) atoms. The summed E-state index contributed by atoms with van der Waals surface area (Å²) >= 11 is 0. The second kappa shape index (κ2) is 5.78. The van der Waals surface area contributed by atoms with E-state index >= 15 is 0 Å². The van der Waals surface area contributed by atoms with E-state index in [4.69, 9.17) is 0 Å². The number of aliphatic carboxylic acids is 1. The summed E-state index contributed by atoms with van der Waals surface area (Å²) in [5, 5.41) is 9.44. The predicted molar refractivity (Wildman–Crippen MR) is 88.4 cm³/mol. The second-order valence-corrected chi connectivity index (χ2v) is 8.70. The third-order valence-electron chi connectivity index (χ3n) is 7.01. The van der Waals surface area contributed by atoms with Gasteiger partial charge in [-0.05, 0) is 36.5 Å². The first kappa shape index (κ1) is 18.8. The Balaban J connectivity index is 2.55. The fourth-order valence-electron chi connectivity index (χ4n) is 5.66. The summed E-state index contributed by atoms with van der Waals surface area (Å²) in [5.74, 6) is -2.14. The Bertz CT molecular complexity index is 605. The van der Waals surface area contributed by atoms with Crippen molar-refractivity contribution in [2.45, 2.75) is 66.7 Å². The van der Waals surface area contributed by atoms with Crippen LogP contribution in [0.25, 0.3) is 0 Å². The van der Waals surface area contributed by atoms with Gasteiger partial charge in [0.2, 0.25) is 5.78 Å². The number of hydrogen-bond donors (Lipinski definition) is 1. The molecule has 0 saturated heterocycles. The molecule has 2 aliphatic rings. The van der Waals surface area contributed by atoms with Crippen molar-refractivity contribution >= 4 is 23.3 Å². The van der Waals surface area contributed by atoms with Crippen LogP contribution in [0, 0.1) is 28.1 Å². The summed E-state index contributed by atoms with van der Waals surface area (Å²) in [4.78, 5) is 48.4. The lowest BCUT2D eigenvalue weighted by Crippen LogP contribution is -2.60. The molecule has 0 aromatic carbocycles. The van der Waals surface area contributed by atoms with Crippen LogP contribution >= 0.6 is 0 Å². The summed E-state index contributed by atoms with van der Waals surface area (Å²) < 4.78 is 0. The Labute approximate surface area is 143 Å². The van der Waals surface area contributed by atoms with Crippen molar-refractivity contribution in [3.05, 3.63) is 0 Å². The summed E-state index contributed by atoms with van der Waals surface area (Å²) in [6.07, 6.45) is 1.97. The molecular weight excluding hydrogens is 308 g/mol. The zero-order valence-electron chi connectivity index (χ0n) is 15.3. The number of fused-ring (bicyclic) bond motifs is 1. The molecule has 0 bridgehead atoms. The normalized spacial score (nSPS) is 38.3. The van der Waals surface area contributed by atoms with E-state index in [1.807, 2.05) is 20.8 Å². The molecule has 2 saturated carbocycles. The number of hydrogen-bond acceptors (Lipinski definition) is 4. The minimum atomic E-state index is -0.966. The molecule has 0 spiro atoms. The topological polar surface area (TPSA) is 88.5 Å². The number of ketones is 3. The molecular formula is C19H28O5. The van der Waals surface area contributed by atoms with Crippen molar-refractivity contribution in [3.8, 4) is 0 Å². The average molecular weight is 336 g/mol. The lowest BCUT2D eigenvalue weighted by molar-refractivity contribution is -0.172.